The van der Waals surface area contributed by atoms with E-state index in [0.29, 0.717) is 30.4 Å². The second kappa shape index (κ2) is 18.6. The molecule has 2 aliphatic rings. The van der Waals surface area contributed by atoms with Crippen LogP contribution in [0.3, 0.4) is 0 Å². The molecule has 4 aromatic rings. The molecule has 0 aliphatic carbocycles. The van der Waals surface area contributed by atoms with Crippen LogP contribution in [0, 0.1) is 35.5 Å². The summed E-state index contributed by atoms with van der Waals surface area (Å²) >= 11 is 0. The fraction of sp³-hybridized carbons (Fsp3) is 0.409. The first-order chi connectivity index (χ1) is 28.0. The van der Waals surface area contributed by atoms with Gasteiger partial charge in [0.15, 0.2) is 0 Å². The molecule has 2 aromatic heterocycles. The lowest BCUT2D eigenvalue weighted by Gasteiger charge is -2.30. The third kappa shape index (κ3) is 9.35. The van der Waals surface area contributed by atoms with Gasteiger partial charge in [0, 0.05) is 24.2 Å². The van der Waals surface area contributed by atoms with Crippen molar-refractivity contribution in [1.29, 1.82) is 0 Å². The van der Waals surface area contributed by atoms with E-state index in [-0.39, 0.29) is 35.7 Å². The number of aromatic nitrogens is 4. The maximum atomic E-state index is 13.7. The molecule has 2 saturated heterocycles. The number of carbonyl (C=O) groups is 4. The molecule has 2 aromatic carbocycles. The molecule has 4 amide bonds. The van der Waals surface area contributed by atoms with Crippen molar-refractivity contribution in [2.45, 2.75) is 77.5 Å². The highest BCUT2D eigenvalue weighted by Crippen LogP contribution is 2.35. The van der Waals surface area contributed by atoms with E-state index in [4.69, 9.17) is 14.5 Å². The van der Waals surface area contributed by atoms with E-state index in [2.05, 4.69) is 55.3 Å². The van der Waals surface area contributed by atoms with Gasteiger partial charge in [0.05, 0.1) is 44.4 Å². The van der Waals surface area contributed by atoms with Gasteiger partial charge in [-0.1, -0.05) is 70.0 Å². The van der Waals surface area contributed by atoms with E-state index in [1.807, 2.05) is 70.2 Å². The number of likely N-dealkylation sites (tertiary alicyclic amines) is 2. The summed E-state index contributed by atoms with van der Waals surface area (Å²) in [4.78, 5) is 70.6. The van der Waals surface area contributed by atoms with Crippen LogP contribution in [0.2, 0.25) is 0 Å². The zero-order chi connectivity index (χ0) is 41.3. The molecule has 3 unspecified atom stereocenters. The Morgan fingerprint density at radius 3 is 1.84 bits per heavy atom. The molecule has 302 valence electrons. The summed E-state index contributed by atoms with van der Waals surface area (Å²) in [7, 11) is 2.56. The fourth-order valence-corrected chi connectivity index (χ4v) is 7.48. The van der Waals surface area contributed by atoms with E-state index in [1.54, 1.807) is 22.2 Å². The number of amides is 4. The van der Waals surface area contributed by atoms with Crippen LogP contribution in [0.5, 0.6) is 0 Å². The first kappa shape index (κ1) is 41.1. The average molecular weight is 787 g/mol. The van der Waals surface area contributed by atoms with Gasteiger partial charge < -0.3 is 39.9 Å². The summed E-state index contributed by atoms with van der Waals surface area (Å²) in [6, 6.07) is 14.0. The summed E-state index contributed by atoms with van der Waals surface area (Å²) < 4.78 is 9.51. The molecule has 0 bridgehead atoms. The molecular formula is C44H50N8O6. The fourth-order valence-electron chi connectivity index (χ4n) is 7.48. The topological polar surface area (TPSA) is 175 Å². The number of rotatable bonds is 10. The van der Waals surface area contributed by atoms with E-state index in [1.165, 1.54) is 14.2 Å². The number of nitrogens with zero attached hydrogens (tertiary/aromatic N) is 4. The van der Waals surface area contributed by atoms with Crippen LogP contribution in [-0.2, 0) is 19.1 Å². The molecule has 4 N–H and O–H groups in total. The SMILES string of the molecule is COC(=O)NC(C(=O)N1CCCC1c1ncc(-c2ccc(C#CC#Cc3cnc(C4CCCN4C(=O)[C@@H](NC(=O)OC)C(C)C)[nH]3)c(-c3ccccc3)c2)[nH]1)C(C)C. The molecule has 14 nitrogen and oxygen atoms in total. The summed E-state index contributed by atoms with van der Waals surface area (Å²) in [6.45, 7) is 8.67. The highest BCUT2D eigenvalue weighted by atomic mass is 16.5. The van der Waals surface area contributed by atoms with Crippen molar-refractivity contribution in [2.24, 2.45) is 11.8 Å². The second-order valence-corrected chi connectivity index (χ2v) is 15.1. The van der Waals surface area contributed by atoms with Crippen molar-refractivity contribution in [3.63, 3.8) is 0 Å². The molecule has 2 fully saturated rings. The van der Waals surface area contributed by atoms with E-state index in [9.17, 15) is 19.2 Å². The van der Waals surface area contributed by atoms with Crippen LogP contribution in [-0.4, -0.2) is 93.1 Å². The quantitative estimate of drug-likeness (QED) is 0.143. The highest BCUT2D eigenvalue weighted by Gasteiger charge is 2.39. The molecule has 0 spiro atoms. The predicted molar refractivity (Wildman–Crippen MR) is 218 cm³/mol. The zero-order valence-corrected chi connectivity index (χ0v) is 33.7. The number of imidazole rings is 2. The number of nitrogens with one attached hydrogen (secondary N) is 4. The van der Waals surface area contributed by atoms with Crippen molar-refractivity contribution in [3.8, 4) is 46.1 Å². The lowest BCUT2D eigenvalue weighted by atomic mass is 9.96. The minimum Gasteiger partial charge on any atom is -0.453 e. The number of H-pyrrole nitrogens is 2. The average Bonchev–Trinajstić information content (AvgIpc) is 4.07. The molecule has 6 rings (SSSR count). The summed E-state index contributed by atoms with van der Waals surface area (Å²) in [5.74, 6) is 13.0. The van der Waals surface area contributed by atoms with Crippen LogP contribution in [0.4, 0.5) is 9.59 Å². The Hall–Kier alpha value is -6.54. The Balaban J connectivity index is 1.19. The molecule has 0 saturated carbocycles. The third-order valence-corrected chi connectivity index (χ3v) is 10.5. The van der Waals surface area contributed by atoms with Crippen LogP contribution >= 0.6 is 0 Å². The molecule has 4 atom stereocenters. The number of ether oxygens (including phenoxy) is 2. The number of alkyl carbamates (subject to hydrolysis) is 2. The van der Waals surface area contributed by atoms with Crippen molar-refractivity contribution in [1.82, 2.24) is 40.4 Å². The van der Waals surface area contributed by atoms with Gasteiger partial charge in [0.2, 0.25) is 11.8 Å². The number of hydrogen-bond donors (Lipinski definition) is 4. The minimum atomic E-state index is -0.716. The van der Waals surface area contributed by atoms with E-state index < -0.39 is 24.3 Å². The van der Waals surface area contributed by atoms with Crippen molar-refractivity contribution in [2.75, 3.05) is 27.3 Å². The predicted octanol–water partition coefficient (Wildman–Crippen LogP) is 5.96. The molecule has 58 heavy (non-hydrogen) atoms. The minimum absolute atomic E-state index is 0.128. The molecule has 2 aliphatic heterocycles. The number of carbonyl (C=O) groups excluding carboxylic acids is 4. The smallest absolute Gasteiger partial charge is 0.407 e. The van der Waals surface area contributed by atoms with Crippen LogP contribution in [0.25, 0.3) is 22.4 Å². The number of benzene rings is 2. The van der Waals surface area contributed by atoms with Crippen LogP contribution in [0.15, 0.2) is 60.9 Å². The number of hydrogen-bond acceptors (Lipinski definition) is 8. The second-order valence-electron chi connectivity index (χ2n) is 15.1. The number of methoxy groups -OCH3 is 2. The van der Waals surface area contributed by atoms with E-state index >= 15 is 0 Å². The summed E-state index contributed by atoms with van der Waals surface area (Å²) in [6.07, 6.45) is 5.26. The monoisotopic (exact) mass is 786 g/mol. The van der Waals surface area contributed by atoms with Gasteiger partial charge in [-0.15, -0.1) is 0 Å². The van der Waals surface area contributed by atoms with Gasteiger partial charge in [0.25, 0.3) is 0 Å². The molecule has 0 radical (unpaired) electrons. The Labute approximate surface area is 338 Å². The first-order valence-corrected chi connectivity index (χ1v) is 19.6. The Morgan fingerprint density at radius 1 is 0.724 bits per heavy atom. The van der Waals surface area contributed by atoms with Gasteiger partial charge in [-0.3, -0.25) is 9.59 Å². The largest absolute Gasteiger partial charge is 0.453 e. The zero-order valence-electron chi connectivity index (χ0n) is 33.7. The standard InChI is InChI=1S/C44H50N8O6/c1-27(2)37(49-43(55)57-5)41(53)51-22-12-18-35(51)39-45-25-32(47-39)17-11-10-16-30-20-21-31(24-33(30)29-14-8-7-9-15-29)34-26-46-40(48-34)36-19-13-23-52(36)42(54)38(28(3)4)50-44(56)58-6/h7-9,14-15,20-21,24-28,35-38H,12-13,18-19,22-23H2,1-6H3,(H,45,47)(H,46,48)(H,49,55)(H,50,56)/t35?,36?,37-,38?/m0/s1. The lowest BCUT2D eigenvalue weighted by Crippen LogP contribution is -2.51. The molecule has 4 heterocycles. The van der Waals surface area contributed by atoms with Gasteiger partial charge in [-0.05, 0) is 78.5 Å². The van der Waals surface area contributed by atoms with Crippen molar-refractivity contribution in [3.05, 3.63) is 83.8 Å². The molecular weight excluding hydrogens is 737 g/mol. The summed E-state index contributed by atoms with van der Waals surface area (Å²) in [5.41, 5.74) is 4.99. The summed E-state index contributed by atoms with van der Waals surface area (Å²) in [5, 5.41) is 5.37. The lowest BCUT2D eigenvalue weighted by molar-refractivity contribution is -0.136. The Bertz CT molecular complexity index is 2240. The molecule has 14 heteroatoms. The van der Waals surface area contributed by atoms with Crippen LogP contribution in [0.1, 0.15) is 88.4 Å². The third-order valence-electron chi connectivity index (χ3n) is 10.5. The number of aromatic amines is 2. The maximum Gasteiger partial charge on any atom is 0.407 e. The Morgan fingerprint density at radius 2 is 1.28 bits per heavy atom. The van der Waals surface area contributed by atoms with Crippen molar-refractivity contribution >= 4 is 24.0 Å². The maximum absolute atomic E-state index is 13.7. The van der Waals surface area contributed by atoms with Crippen molar-refractivity contribution < 1.29 is 28.7 Å². The Kier molecular flexibility index (Phi) is 13.2. The van der Waals surface area contributed by atoms with Gasteiger partial charge in [-0.25, -0.2) is 19.6 Å². The normalized spacial score (nSPS) is 17.2. The van der Waals surface area contributed by atoms with Crippen LogP contribution < -0.4 is 10.6 Å². The van der Waals surface area contributed by atoms with Gasteiger partial charge in [-0.2, -0.15) is 0 Å². The first-order valence-electron chi connectivity index (χ1n) is 19.6. The van der Waals surface area contributed by atoms with Gasteiger partial charge in [0.1, 0.15) is 29.4 Å². The highest BCUT2D eigenvalue weighted by molar-refractivity contribution is 5.87. The van der Waals surface area contributed by atoms with E-state index in [0.717, 1.165) is 53.6 Å². The van der Waals surface area contributed by atoms with Gasteiger partial charge >= 0.3 is 12.2 Å².